The summed E-state index contributed by atoms with van der Waals surface area (Å²) in [5, 5.41) is 8.74. The number of aliphatic carboxylic acids is 1. The summed E-state index contributed by atoms with van der Waals surface area (Å²) >= 11 is 0. The van der Waals surface area contributed by atoms with E-state index in [1.54, 1.807) is 13.0 Å². The lowest BCUT2D eigenvalue weighted by molar-refractivity contribution is -0.143. The van der Waals surface area contributed by atoms with Gasteiger partial charge in [0, 0.05) is 0 Å². The highest BCUT2D eigenvalue weighted by Gasteiger charge is 2.29. The second-order valence-corrected chi connectivity index (χ2v) is 3.95. The number of hydrogen-bond acceptors (Lipinski definition) is 3. The van der Waals surface area contributed by atoms with E-state index in [2.05, 4.69) is 0 Å². The molecule has 3 N–H and O–H groups in total. The summed E-state index contributed by atoms with van der Waals surface area (Å²) in [4.78, 5) is 10.7. The minimum Gasteiger partial charge on any atom is -0.488 e. The molecule has 0 fully saturated rings. The van der Waals surface area contributed by atoms with Crippen molar-refractivity contribution in [3.63, 3.8) is 0 Å². The van der Waals surface area contributed by atoms with Crippen LogP contribution in [-0.2, 0) is 4.79 Å². The molecule has 0 bridgehead atoms. The van der Waals surface area contributed by atoms with Crippen molar-refractivity contribution in [1.29, 1.82) is 0 Å². The van der Waals surface area contributed by atoms with E-state index in [4.69, 9.17) is 15.6 Å². The smallest absolute Gasteiger partial charge is 0.326 e. The molecule has 0 aliphatic heterocycles. The number of benzene rings is 1. The third-order valence-electron chi connectivity index (χ3n) is 2.10. The Morgan fingerprint density at radius 2 is 2.25 bits per heavy atom. The van der Waals surface area contributed by atoms with Gasteiger partial charge in [-0.05, 0) is 31.5 Å². The van der Waals surface area contributed by atoms with Crippen LogP contribution in [0, 0.1) is 12.7 Å². The topological polar surface area (TPSA) is 72.5 Å². The minimum absolute atomic E-state index is 0.0120. The van der Waals surface area contributed by atoms with Crippen LogP contribution in [0.5, 0.6) is 5.75 Å². The molecule has 5 heteroatoms. The van der Waals surface area contributed by atoms with Gasteiger partial charge < -0.3 is 15.6 Å². The molecule has 4 nitrogen and oxygen atoms in total. The second-order valence-electron chi connectivity index (χ2n) is 3.95. The molecule has 16 heavy (non-hydrogen) atoms. The molecule has 1 rings (SSSR count). The van der Waals surface area contributed by atoms with Crippen molar-refractivity contribution in [2.24, 2.45) is 5.73 Å². The number of carboxylic acids is 1. The lowest BCUT2D eigenvalue weighted by Gasteiger charge is -2.19. The summed E-state index contributed by atoms with van der Waals surface area (Å²) < 4.78 is 18.3. The third-order valence-corrected chi connectivity index (χ3v) is 2.10. The zero-order valence-electron chi connectivity index (χ0n) is 9.16. The number of carboxylic acid groups (broad SMARTS) is 1. The molecule has 1 aromatic carbocycles. The first-order valence-corrected chi connectivity index (χ1v) is 4.74. The Morgan fingerprint density at radius 1 is 1.62 bits per heavy atom. The van der Waals surface area contributed by atoms with Crippen molar-refractivity contribution < 1.29 is 19.0 Å². The Labute approximate surface area is 92.8 Å². The van der Waals surface area contributed by atoms with E-state index in [0.29, 0.717) is 0 Å². The van der Waals surface area contributed by atoms with E-state index in [9.17, 15) is 9.18 Å². The highest BCUT2D eigenvalue weighted by atomic mass is 19.1. The molecule has 1 unspecified atom stereocenters. The van der Waals surface area contributed by atoms with Crippen LogP contribution in [0.2, 0.25) is 0 Å². The van der Waals surface area contributed by atoms with Crippen LogP contribution in [0.4, 0.5) is 4.39 Å². The number of aryl methyl sites for hydroxylation is 1. The SMILES string of the molecule is Cc1ccc(F)c(OCC(C)(N)C(=O)O)c1. The zero-order chi connectivity index (χ0) is 12.3. The third kappa shape index (κ3) is 2.93. The van der Waals surface area contributed by atoms with Crippen LogP contribution in [-0.4, -0.2) is 23.2 Å². The first-order valence-electron chi connectivity index (χ1n) is 4.74. The zero-order valence-corrected chi connectivity index (χ0v) is 9.16. The summed E-state index contributed by atoms with van der Waals surface area (Å²) in [5.41, 5.74) is 4.74. The predicted octanol–water partition coefficient (Wildman–Crippen LogP) is 1.31. The van der Waals surface area contributed by atoms with Gasteiger partial charge in [-0.25, -0.2) is 4.39 Å². The molecule has 0 aliphatic rings. The molecule has 0 saturated carbocycles. The molecule has 88 valence electrons. The Bertz CT molecular complexity index is 404. The van der Waals surface area contributed by atoms with Gasteiger partial charge in [-0.15, -0.1) is 0 Å². The van der Waals surface area contributed by atoms with Crippen molar-refractivity contribution in [1.82, 2.24) is 0 Å². The van der Waals surface area contributed by atoms with Gasteiger partial charge in [0.1, 0.15) is 12.1 Å². The minimum atomic E-state index is -1.53. The first kappa shape index (κ1) is 12.4. The van der Waals surface area contributed by atoms with Gasteiger partial charge in [-0.2, -0.15) is 0 Å². The van der Waals surface area contributed by atoms with E-state index < -0.39 is 17.3 Å². The van der Waals surface area contributed by atoms with Crippen molar-refractivity contribution in [3.05, 3.63) is 29.6 Å². The van der Waals surface area contributed by atoms with Gasteiger partial charge in [0.25, 0.3) is 0 Å². The van der Waals surface area contributed by atoms with Crippen molar-refractivity contribution >= 4 is 5.97 Å². The Hall–Kier alpha value is -1.62. The molecule has 1 atom stereocenters. The number of rotatable bonds is 4. The van der Waals surface area contributed by atoms with Gasteiger partial charge in [-0.1, -0.05) is 6.07 Å². The summed E-state index contributed by atoms with van der Waals surface area (Å²) in [5.74, 6) is -1.72. The molecule has 0 spiro atoms. The maximum atomic E-state index is 13.2. The van der Waals surface area contributed by atoms with Crippen LogP contribution in [0.3, 0.4) is 0 Å². The van der Waals surface area contributed by atoms with E-state index in [1.807, 2.05) is 0 Å². The molecule has 0 heterocycles. The number of ether oxygens (including phenoxy) is 1. The first-order chi connectivity index (χ1) is 7.33. The summed E-state index contributed by atoms with van der Waals surface area (Å²) in [6.45, 7) is 2.80. The normalized spacial score (nSPS) is 14.2. The van der Waals surface area contributed by atoms with Gasteiger partial charge in [0.05, 0.1) is 0 Å². The monoisotopic (exact) mass is 227 g/mol. The predicted molar refractivity (Wildman–Crippen MR) is 56.9 cm³/mol. The standard InChI is InChI=1S/C11H14FNO3/c1-7-3-4-8(12)9(5-7)16-6-11(2,13)10(14)15/h3-5H,6,13H2,1-2H3,(H,14,15). The highest BCUT2D eigenvalue weighted by molar-refractivity contribution is 5.78. The van der Waals surface area contributed by atoms with E-state index >= 15 is 0 Å². The number of carbonyl (C=O) groups is 1. The molecule has 0 radical (unpaired) electrons. The van der Waals surface area contributed by atoms with Crippen LogP contribution >= 0.6 is 0 Å². The van der Waals surface area contributed by atoms with Gasteiger partial charge in [-0.3, -0.25) is 4.79 Å². The average molecular weight is 227 g/mol. The Kier molecular flexibility index (Phi) is 3.49. The summed E-state index contributed by atoms with van der Waals surface area (Å²) in [7, 11) is 0. The lowest BCUT2D eigenvalue weighted by atomic mass is 10.1. The fourth-order valence-corrected chi connectivity index (χ4v) is 1.01. The Balaban J connectivity index is 2.75. The van der Waals surface area contributed by atoms with Gasteiger partial charge in [0.2, 0.25) is 0 Å². The van der Waals surface area contributed by atoms with Crippen molar-refractivity contribution in [2.75, 3.05) is 6.61 Å². The van der Waals surface area contributed by atoms with Crippen molar-refractivity contribution in [2.45, 2.75) is 19.4 Å². The Morgan fingerprint density at radius 3 is 2.81 bits per heavy atom. The van der Waals surface area contributed by atoms with E-state index in [-0.39, 0.29) is 12.4 Å². The molecular weight excluding hydrogens is 213 g/mol. The van der Waals surface area contributed by atoms with Crippen LogP contribution in [0.1, 0.15) is 12.5 Å². The molecule has 0 amide bonds. The number of halogens is 1. The molecular formula is C11H14FNO3. The van der Waals surface area contributed by atoms with Crippen LogP contribution in [0.25, 0.3) is 0 Å². The fraction of sp³-hybridized carbons (Fsp3) is 0.364. The second kappa shape index (κ2) is 4.49. The van der Waals surface area contributed by atoms with Gasteiger partial charge in [0.15, 0.2) is 11.6 Å². The molecule has 0 aromatic heterocycles. The van der Waals surface area contributed by atoms with Crippen LogP contribution < -0.4 is 10.5 Å². The quantitative estimate of drug-likeness (QED) is 0.813. The summed E-state index contributed by atoms with van der Waals surface area (Å²) in [6, 6.07) is 4.35. The fourth-order valence-electron chi connectivity index (χ4n) is 1.01. The van der Waals surface area contributed by atoms with Crippen LogP contribution in [0.15, 0.2) is 18.2 Å². The van der Waals surface area contributed by atoms with E-state index in [1.165, 1.54) is 19.1 Å². The van der Waals surface area contributed by atoms with Crippen molar-refractivity contribution in [3.8, 4) is 5.75 Å². The lowest BCUT2D eigenvalue weighted by Crippen LogP contribution is -2.50. The molecule has 0 saturated heterocycles. The molecule has 0 aliphatic carbocycles. The summed E-state index contributed by atoms with van der Waals surface area (Å²) in [6.07, 6.45) is 0. The average Bonchev–Trinajstić information content (AvgIpc) is 2.19. The maximum absolute atomic E-state index is 13.2. The largest absolute Gasteiger partial charge is 0.488 e. The number of hydrogen-bond donors (Lipinski definition) is 2. The molecule has 1 aromatic rings. The number of nitrogens with two attached hydrogens (primary N) is 1. The van der Waals surface area contributed by atoms with E-state index in [0.717, 1.165) is 5.56 Å². The highest BCUT2D eigenvalue weighted by Crippen LogP contribution is 2.19. The maximum Gasteiger partial charge on any atom is 0.326 e. The van der Waals surface area contributed by atoms with Gasteiger partial charge >= 0.3 is 5.97 Å².